The lowest BCUT2D eigenvalue weighted by atomic mass is 10.0. The fraction of sp³-hybridized carbons (Fsp3) is 0.571. The highest BCUT2D eigenvalue weighted by Crippen LogP contribution is 2.07. The zero-order valence-corrected chi connectivity index (χ0v) is 35.0. The fourth-order valence-corrected chi connectivity index (χ4v) is 5.54. The maximum atomic E-state index is 12.7. The van der Waals surface area contributed by atoms with Crippen molar-refractivity contribution >= 4 is 35.4 Å². The molecule has 0 saturated carbocycles. The second kappa shape index (κ2) is 29.3. The molecule has 328 valence electrons. The van der Waals surface area contributed by atoms with Gasteiger partial charge in [-0.3, -0.25) is 28.8 Å². The number of rotatable bonds is 30. The molecule has 2 aromatic carbocycles. The molecule has 0 aliphatic heterocycles. The topological polar surface area (TPSA) is 254 Å². The lowest BCUT2D eigenvalue weighted by Gasteiger charge is -2.23. The summed E-state index contributed by atoms with van der Waals surface area (Å²) in [6.45, 7) is 9.77. The first-order chi connectivity index (χ1) is 28.3. The van der Waals surface area contributed by atoms with Crippen LogP contribution in [0.3, 0.4) is 0 Å². The number of amides is 6. The van der Waals surface area contributed by atoms with Crippen molar-refractivity contribution in [1.29, 1.82) is 0 Å². The molecule has 17 heteroatoms. The van der Waals surface area contributed by atoms with E-state index in [1.165, 1.54) is 0 Å². The lowest BCUT2D eigenvalue weighted by molar-refractivity contribution is -0.131. The summed E-state index contributed by atoms with van der Waals surface area (Å²) in [5.41, 5.74) is 14.0. The molecule has 0 radical (unpaired) electrons. The van der Waals surface area contributed by atoms with E-state index in [9.17, 15) is 28.8 Å². The zero-order valence-electron chi connectivity index (χ0n) is 35.0. The van der Waals surface area contributed by atoms with Gasteiger partial charge in [-0.1, -0.05) is 88.4 Å². The molecular weight excluding hydrogens is 761 g/mol. The summed E-state index contributed by atoms with van der Waals surface area (Å²) in [5.74, 6) is -2.95. The van der Waals surface area contributed by atoms with Crippen molar-refractivity contribution in [2.75, 3.05) is 65.8 Å². The normalized spacial score (nSPS) is 13.2. The lowest BCUT2D eigenvalue weighted by Crippen LogP contribution is -2.55. The van der Waals surface area contributed by atoms with Crippen LogP contribution in [-0.4, -0.2) is 125 Å². The Morgan fingerprint density at radius 1 is 0.492 bits per heavy atom. The highest BCUT2D eigenvalue weighted by molar-refractivity contribution is 5.93. The van der Waals surface area contributed by atoms with Crippen LogP contribution in [0.1, 0.15) is 51.7 Å². The third kappa shape index (κ3) is 22.1. The van der Waals surface area contributed by atoms with Gasteiger partial charge in [0, 0.05) is 26.3 Å². The summed E-state index contributed by atoms with van der Waals surface area (Å²) < 4.78 is 16.5. The number of hydrogen-bond donors (Lipinski definition) is 8. The minimum atomic E-state index is -0.835. The van der Waals surface area contributed by atoms with Crippen LogP contribution >= 0.6 is 0 Å². The van der Waals surface area contributed by atoms with Crippen LogP contribution in [0.5, 0.6) is 0 Å². The summed E-state index contributed by atoms with van der Waals surface area (Å²) in [7, 11) is 0. The maximum Gasteiger partial charge on any atom is 0.243 e. The van der Waals surface area contributed by atoms with Crippen LogP contribution in [0.4, 0.5) is 0 Å². The third-order valence-electron chi connectivity index (χ3n) is 8.93. The second-order valence-corrected chi connectivity index (χ2v) is 14.7. The van der Waals surface area contributed by atoms with E-state index in [4.69, 9.17) is 25.7 Å². The Hall–Kier alpha value is -4.94. The minimum Gasteiger partial charge on any atom is -0.379 e. The molecule has 10 N–H and O–H groups in total. The first-order valence-electron chi connectivity index (χ1n) is 20.3. The molecule has 17 nitrogen and oxygen atoms in total. The quantitative estimate of drug-likeness (QED) is 0.0475. The van der Waals surface area contributed by atoms with E-state index in [-0.39, 0.29) is 36.7 Å². The maximum absolute atomic E-state index is 12.7. The predicted octanol–water partition coefficient (Wildman–Crippen LogP) is -0.297. The molecular formula is C42H66N8O9. The van der Waals surface area contributed by atoms with E-state index in [1.54, 1.807) is 27.7 Å². The van der Waals surface area contributed by atoms with Gasteiger partial charge in [0.2, 0.25) is 35.4 Å². The highest BCUT2D eigenvalue weighted by Gasteiger charge is 2.28. The molecule has 2 aromatic rings. The highest BCUT2D eigenvalue weighted by atomic mass is 16.5. The standard InChI is InChI=1S/C42H66N8O9/c1-29(2)37(49-39(53)33(43)25-31-13-7-5-8-14-31)41(55)47-27-35(51)45-17-11-19-57-21-23-59-24-22-58-20-12-18-46-36(52)28-48-42(56)38(30(3)4)50-40(54)34(44)26-32-15-9-6-10-16-32/h5-10,13-16,29-30,33-34,37-38H,11-12,17-28,43-44H2,1-4H3,(H,45,51)(H,46,52)(H,47,55)(H,48,56)(H,49,53)(H,50,54)/t33-,34-,37-,38-/m0/s1. The van der Waals surface area contributed by atoms with Crippen LogP contribution < -0.4 is 43.4 Å². The summed E-state index contributed by atoms with van der Waals surface area (Å²) in [4.78, 5) is 75.2. The molecule has 6 amide bonds. The second-order valence-electron chi connectivity index (χ2n) is 14.7. The number of nitrogens with one attached hydrogen (secondary N) is 6. The zero-order chi connectivity index (χ0) is 43.4. The van der Waals surface area contributed by atoms with Crippen molar-refractivity contribution in [3.05, 3.63) is 71.8 Å². The van der Waals surface area contributed by atoms with Gasteiger partial charge in [0.05, 0.1) is 51.6 Å². The van der Waals surface area contributed by atoms with Gasteiger partial charge in [0.15, 0.2) is 0 Å². The Kier molecular flexibility index (Phi) is 24.9. The van der Waals surface area contributed by atoms with E-state index in [2.05, 4.69) is 31.9 Å². The van der Waals surface area contributed by atoms with Gasteiger partial charge in [-0.2, -0.15) is 0 Å². The largest absolute Gasteiger partial charge is 0.379 e. The van der Waals surface area contributed by atoms with Crippen LogP contribution in [0.2, 0.25) is 0 Å². The van der Waals surface area contributed by atoms with Gasteiger partial charge >= 0.3 is 0 Å². The summed E-state index contributed by atoms with van der Waals surface area (Å²) >= 11 is 0. The number of carbonyl (C=O) groups excluding carboxylic acids is 6. The monoisotopic (exact) mass is 826 g/mol. The molecule has 0 aliphatic rings. The molecule has 59 heavy (non-hydrogen) atoms. The van der Waals surface area contributed by atoms with Crippen molar-refractivity contribution < 1.29 is 43.0 Å². The smallest absolute Gasteiger partial charge is 0.243 e. The van der Waals surface area contributed by atoms with Gasteiger partial charge in [0.1, 0.15) is 12.1 Å². The summed E-state index contributed by atoms with van der Waals surface area (Å²) in [6, 6.07) is 15.4. The fourth-order valence-electron chi connectivity index (χ4n) is 5.54. The first-order valence-corrected chi connectivity index (χ1v) is 20.3. The van der Waals surface area contributed by atoms with Crippen LogP contribution in [0.25, 0.3) is 0 Å². The molecule has 4 atom stereocenters. The first kappa shape index (κ1) is 50.2. The number of carbonyl (C=O) groups is 6. The van der Waals surface area contributed by atoms with Gasteiger partial charge in [0.25, 0.3) is 0 Å². The molecule has 0 aromatic heterocycles. The predicted molar refractivity (Wildman–Crippen MR) is 224 cm³/mol. The Labute approximate surface area is 348 Å². The number of ether oxygens (including phenoxy) is 3. The Bertz CT molecular complexity index is 1440. The van der Waals surface area contributed by atoms with Crippen molar-refractivity contribution in [3.8, 4) is 0 Å². The molecule has 0 aliphatic carbocycles. The number of hydrogen-bond acceptors (Lipinski definition) is 11. The molecule has 0 saturated heterocycles. The minimum absolute atomic E-state index is 0.216. The van der Waals surface area contributed by atoms with Crippen molar-refractivity contribution in [3.63, 3.8) is 0 Å². The van der Waals surface area contributed by atoms with Crippen molar-refractivity contribution in [2.24, 2.45) is 23.3 Å². The van der Waals surface area contributed by atoms with Crippen molar-refractivity contribution in [2.45, 2.75) is 77.5 Å². The third-order valence-corrected chi connectivity index (χ3v) is 8.93. The van der Waals surface area contributed by atoms with Gasteiger partial charge < -0.3 is 57.6 Å². The van der Waals surface area contributed by atoms with Gasteiger partial charge in [-0.15, -0.1) is 0 Å². The van der Waals surface area contributed by atoms with E-state index in [0.717, 1.165) is 11.1 Å². The van der Waals surface area contributed by atoms with Crippen LogP contribution in [-0.2, 0) is 55.8 Å². The van der Waals surface area contributed by atoms with E-state index in [1.807, 2.05) is 60.7 Å². The Morgan fingerprint density at radius 2 is 0.831 bits per heavy atom. The average molecular weight is 827 g/mol. The number of benzene rings is 2. The Balaban J connectivity index is 1.43. The van der Waals surface area contributed by atoms with Crippen molar-refractivity contribution in [1.82, 2.24) is 31.9 Å². The molecule has 0 bridgehead atoms. The molecule has 0 unspecified atom stereocenters. The molecule has 0 heterocycles. The summed E-state index contributed by atoms with van der Waals surface area (Å²) in [5, 5.41) is 16.0. The van der Waals surface area contributed by atoms with E-state index >= 15 is 0 Å². The molecule has 0 fully saturated rings. The van der Waals surface area contributed by atoms with E-state index < -0.39 is 47.8 Å². The molecule has 0 spiro atoms. The average Bonchev–Trinajstić information content (AvgIpc) is 3.21. The van der Waals surface area contributed by atoms with Gasteiger partial charge in [-0.05, 0) is 48.6 Å². The van der Waals surface area contributed by atoms with Crippen LogP contribution in [0, 0.1) is 11.8 Å². The van der Waals surface area contributed by atoms with E-state index in [0.29, 0.717) is 78.4 Å². The molecule has 2 rings (SSSR count). The van der Waals surface area contributed by atoms with Crippen LogP contribution in [0.15, 0.2) is 60.7 Å². The Morgan fingerprint density at radius 3 is 1.17 bits per heavy atom. The summed E-state index contributed by atoms with van der Waals surface area (Å²) in [6.07, 6.45) is 1.81. The number of nitrogens with two attached hydrogens (primary N) is 2. The SMILES string of the molecule is CC(C)[C@H](NC(=O)[C@@H](N)Cc1ccccc1)C(=O)NCC(=O)NCCCOCCOCCOCCCNC(=O)CNC(=O)[C@@H](NC(=O)[C@@H](N)Cc1ccccc1)C(C)C. The van der Waals surface area contributed by atoms with Gasteiger partial charge in [-0.25, -0.2) is 0 Å².